The van der Waals surface area contributed by atoms with E-state index >= 15 is 0 Å². The van der Waals surface area contributed by atoms with Gasteiger partial charge in [0, 0.05) is 6.04 Å². The minimum Gasteiger partial charge on any atom is -0.301 e. The molecule has 0 bridgehead atoms. The highest BCUT2D eigenvalue weighted by Crippen LogP contribution is 2.14. The van der Waals surface area contributed by atoms with E-state index in [2.05, 4.69) is 31.9 Å². The molecule has 0 saturated carbocycles. The van der Waals surface area contributed by atoms with Gasteiger partial charge in [-0.3, -0.25) is 0 Å². The van der Waals surface area contributed by atoms with Crippen LogP contribution in [-0.4, -0.2) is 24.0 Å². The number of nitrogens with zero attached hydrogens (tertiary/aromatic N) is 1. The van der Waals surface area contributed by atoms with Crippen molar-refractivity contribution in [3.63, 3.8) is 0 Å². The van der Waals surface area contributed by atoms with Gasteiger partial charge in [-0.25, -0.2) is 0 Å². The molecule has 0 aromatic carbocycles. The predicted octanol–water partition coefficient (Wildman–Crippen LogP) is 2.29. The van der Waals surface area contributed by atoms with Crippen LogP contribution in [0.3, 0.4) is 0 Å². The molecule has 1 heteroatoms. The van der Waals surface area contributed by atoms with Crippen molar-refractivity contribution in [2.45, 2.75) is 32.7 Å². The van der Waals surface area contributed by atoms with Crippen molar-refractivity contribution in [1.29, 1.82) is 0 Å². The van der Waals surface area contributed by atoms with Gasteiger partial charge in [0.05, 0.1) is 0 Å². The Hall–Kier alpha value is -0.300. The summed E-state index contributed by atoms with van der Waals surface area (Å²) in [6.07, 6.45) is 2.82. The topological polar surface area (TPSA) is 3.24 Å². The monoisotopic (exact) mass is 141 g/mol. The molecule has 1 aliphatic heterocycles. The fourth-order valence-corrected chi connectivity index (χ4v) is 1.46. The lowest BCUT2D eigenvalue weighted by molar-refractivity contribution is 0.284. The predicted molar refractivity (Wildman–Crippen MR) is 47.2 cm³/mol. The minimum atomic E-state index is 0.861. The summed E-state index contributed by atoms with van der Waals surface area (Å²) in [5, 5.41) is 0. The lowest BCUT2D eigenvalue weighted by atomic mass is 10.2. The highest BCUT2D eigenvalue weighted by Gasteiger charge is 2.16. The Kier molecular flexibility index (Phi) is 5.32. The van der Waals surface area contributed by atoms with Crippen molar-refractivity contribution in [3.8, 4) is 0 Å². The smallest absolute Gasteiger partial charge is 0.00672 e. The molecule has 1 unspecified atom stereocenters. The van der Waals surface area contributed by atoms with Crippen LogP contribution in [0.4, 0.5) is 0 Å². The van der Waals surface area contributed by atoms with Crippen molar-refractivity contribution >= 4 is 0 Å². The van der Waals surface area contributed by atoms with Crippen molar-refractivity contribution in [2.75, 3.05) is 13.1 Å². The zero-order valence-corrected chi connectivity index (χ0v) is 7.27. The van der Waals surface area contributed by atoms with Gasteiger partial charge in [-0.15, -0.1) is 13.2 Å². The van der Waals surface area contributed by atoms with Gasteiger partial charge in [0.15, 0.2) is 0 Å². The summed E-state index contributed by atoms with van der Waals surface area (Å²) in [6.45, 7) is 13.1. The molecule has 0 aromatic heterocycles. The molecule has 1 rings (SSSR count). The lowest BCUT2D eigenvalue weighted by Gasteiger charge is -2.17. The van der Waals surface area contributed by atoms with Gasteiger partial charge >= 0.3 is 0 Å². The fraction of sp³-hybridized carbons (Fsp3) is 0.778. The summed E-state index contributed by atoms with van der Waals surface area (Å²) >= 11 is 0. The number of hydrogen-bond acceptors (Lipinski definition) is 1. The summed E-state index contributed by atoms with van der Waals surface area (Å²) in [4.78, 5) is 2.53. The summed E-state index contributed by atoms with van der Waals surface area (Å²) in [6, 6.07) is 0.861. The number of rotatable bonds is 1. The molecular formula is C9H19N. The summed E-state index contributed by atoms with van der Waals surface area (Å²) < 4.78 is 0. The third kappa shape index (κ3) is 2.53. The average Bonchev–Trinajstić information content (AvgIpc) is 2.39. The van der Waals surface area contributed by atoms with Gasteiger partial charge in [-0.2, -0.15) is 0 Å². The SMILES string of the molecule is C=C.CCN1CCCC1C. The summed E-state index contributed by atoms with van der Waals surface area (Å²) in [7, 11) is 0. The molecule has 1 heterocycles. The first-order valence-electron chi connectivity index (χ1n) is 4.08. The second-order valence-corrected chi connectivity index (χ2v) is 2.62. The Morgan fingerprint density at radius 3 is 2.30 bits per heavy atom. The van der Waals surface area contributed by atoms with Crippen LogP contribution in [0.15, 0.2) is 13.2 Å². The molecule has 60 valence electrons. The van der Waals surface area contributed by atoms with Crippen LogP contribution >= 0.6 is 0 Å². The molecule has 1 atom stereocenters. The molecule has 0 aliphatic carbocycles. The van der Waals surface area contributed by atoms with E-state index in [9.17, 15) is 0 Å². The van der Waals surface area contributed by atoms with Crippen LogP contribution in [0.2, 0.25) is 0 Å². The average molecular weight is 141 g/mol. The standard InChI is InChI=1S/C7H15N.C2H4/c1-3-8-6-4-5-7(8)2;1-2/h7H,3-6H2,1-2H3;1-2H2. The van der Waals surface area contributed by atoms with Gasteiger partial charge in [-0.05, 0) is 32.9 Å². The fourth-order valence-electron chi connectivity index (χ4n) is 1.46. The Bertz CT molecular complexity index is 80.8. The van der Waals surface area contributed by atoms with E-state index < -0.39 is 0 Å². The van der Waals surface area contributed by atoms with Crippen molar-refractivity contribution in [2.24, 2.45) is 0 Å². The van der Waals surface area contributed by atoms with Crippen molar-refractivity contribution < 1.29 is 0 Å². The van der Waals surface area contributed by atoms with Crippen LogP contribution in [-0.2, 0) is 0 Å². The molecule has 0 aromatic rings. The molecule has 0 spiro atoms. The Labute approximate surface area is 64.7 Å². The van der Waals surface area contributed by atoms with Crippen molar-refractivity contribution in [1.82, 2.24) is 4.90 Å². The second-order valence-electron chi connectivity index (χ2n) is 2.62. The maximum Gasteiger partial charge on any atom is 0.00672 e. The Morgan fingerprint density at radius 1 is 1.50 bits per heavy atom. The molecule has 1 saturated heterocycles. The van der Waals surface area contributed by atoms with E-state index in [-0.39, 0.29) is 0 Å². The highest BCUT2D eigenvalue weighted by atomic mass is 15.2. The van der Waals surface area contributed by atoms with Gasteiger partial charge in [0.25, 0.3) is 0 Å². The van der Waals surface area contributed by atoms with Gasteiger partial charge < -0.3 is 4.90 Å². The van der Waals surface area contributed by atoms with E-state index in [1.807, 2.05) is 0 Å². The molecule has 1 fully saturated rings. The first-order chi connectivity index (χ1) is 4.84. The first-order valence-corrected chi connectivity index (χ1v) is 4.08. The molecule has 0 amide bonds. The van der Waals surface area contributed by atoms with Crippen LogP contribution in [0.5, 0.6) is 0 Å². The third-order valence-corrected chi connectivity index (χ3v) is 2.10. The summed E-state index contributed by atoms with van der Waals surface area (Å²) in [5.41, 5.74) is 0. The summed E-state index contributed by atoms with van der Waals surface area (Å²) in [5.74, 6) is 0. The maximum atomic E-state index is 3.00. The van der Waals surface area contributed by atoms with E-state index in [1.165, 1.54) is 25.9 Å². The molecule has 0 radical (unpaired) electrons. The Balaban J connectivity index is 0.000000371. The molecule has 0 N–H and O–H groups in total. The minimum absolute atomic E-state index is 0.861. The molecule has 1 aliphatic rings. The van der Waals surface area contributed by atoms with Crippen LogP contribution in [0, 0.1) is 0 Å². The van der Waals surface area contributed by atoms with Crippen molar-refractivity contribution in [3.05, 3.63) is 13.2 Å². The Morgan fingerprint density at radius 2 is 2.10 bits per heavy atom. The third-order valence-electron chi connectivity index (χ3n) is 2.10. The molecule has 1 nitrogen and oxygen atoms in total. The van der Waals surface area contributed by atoms with Gasteiger partial charge in [-0.1, -0.05) is 6.92 Å². The maximum absolute atomic E-state index is 3.00. The largest absolute Gasteiger partial charge is 0.301 e. The van der Waals surface area contributed by atoms with E-state index in [4.69, 9.17) is 0 Å². The highest BCUT2D eigenvalue weighted by molar-refractivity contribution is 4.72. The molecule has 10 heavy (non-hydrogen) atoms. The lowest BCUT2D eigenvalue weighted by Crippen LogP contribution is -2.25. The molecular weight excluding hydrogens is 122 g/mol. The van der Waals surface area contributed by atoms with E-state index in [0.717, 1.165) is 6.04 Å². The van der Waals surface area contributed by atoms with Crippen LogP contribution in [0.1, 0.15) is 26.7 Å². The number of hydrogen-bond donors (Lipinski definition) is 0. The van der Waals surface area contributed by atoms with Gasteiger partial charge in [0.1, 0.15) is 0 Å². The van der Waals surface area contributed by atoms with E-state index in [1.54, 1.807) is 0 Å². The zero-order valence-electron chi connectivity index (χ0n) is 7.27. The zero-order chi connectivity index (χ0) is 7.98. The quantitative estimate of drug-likeness (QED) is 0.506. The normalized spacial score (nSPS) is 25.6. The first kappa shape index (κ1) is 9.70. The second kappa shape index (κ2) is 5.48. The van der Waals surface area contributed by atoms with Gasteiger partial charge in [0.2, 0.25) is 0 Å². The number of likely N-dealkylation sites (tertiary alicyclic amines) is 1. The van der Waals surface area contributed by atoms with Crippen LogP contribution in [0.25, 0.3) is 0 Å². The van der Waals surface area contributed by atoms with Crippen LogP contribution < -0.4 is 0 Å². The van der Waals surface area contributed by atoms with E-state index in [0.29, 0.717) is 0 Å².